The zero-order valence-electron chi connectivity index (χ0n) is 13.1. The van der Waals surface area contributed by atoms with Crippen LogP contribution in [0.1, 0.15) is 31.2 Å². The summed E-state index contributed by atoms with van der Waals surface area (Å²) in [5.74, 6) is 0.754. The third-order valence-electron chi connectivity index (χ3n) is 4.70. The predicted octanol–water partition coefficient (Wildman–Crippen LogP) is 1.16. The number of likely N-dealkylation sites (tertiary alicyclic amines) is 1. The number of carbonyl (C=O) groups is 1. The Kier molecular flexibility index (Phi) is 5.40. The number of hydrogen-bond acceptors (Lipinski definition) is 4. The molecule has 2 fully saturated rings. The van der Waals surface area contributed by atoms with Gasteiger partial charge in [-0.1, -0.05) is 0 Å². The summed E-state index contributed by atoms with van der Waals surface area (Å²) in [6.45, 7) is 4.99. The van der Waals surface area contributed by atoms with Crippen LogP contribution in [0.15, 0.2) is 24.5 Å². The molecule has 5 nitrogen and oxygen atoms in total. The normalized spacial score (nSPS) is 26.0. The molecule has 0 bridgehead atoms. The van der Waals surface area contributed by atoms with E-state index in [1.165, 1.54) is 18.4 Å². The van der Waals surface area contributed by atoms with Crippen molar-refractivity contribution in [2.24, 2.45) is 5.92 Å². The third kappa shape index (κ3) is 4.27. The molecule has 2 unspecified atom stereocenters. The molecule has 3 rings (SSSR count). The topological polar surface area (TPSA) is 57.3 Å². The zero-order chi connectivity index (χ0) is 15.2. The van der Waals surface area contributed by atoms with Crippen LogP contribution in [0.25, 0.3) is 0 Å². The van der Waals surface area contributed by atoms with E-state index in [2.05, 4.69) is 32.7 Å². The molecule has 120 valence electrons. The molecule has 2 aliphatic heterocycles. The van der Waals surface area contributed by atoms with Gasteiger partial charge >= 0.3 is 0 Å². The first-order chi connectivity index (χ1) is 10.8. The van der Waals surface area contributed by atoms with Crippen molar-refractivity contribution in [3.8, 4) is 0 Å². The molecule has 22 heavy (non-hydrogen) atoms. The van der Waals surface area contributed by atoms with Crippen molar-refractivity contribution < 1.29 is 4.79 Å². The third-order valence-corrected chi connectivity index (χ3v) is 4.70. The number of pyridine rings is 1. The van der Waals surface area contributed by atoms with Crippen LogP contribution in [-0.4, -0.2) is 48.0 Å². The number of aromatic nitrogens is 1. The Hall–Kier alpha value is -1.46. The van der Waals surface area contributed by atoms with Crippen LogP contribution in [0.4, 0.5) is 0 Å². The summed E-state index contributed by atoms with van der Waals surface area (Å²) in [6, 6.07) is 4.20. The number of rotatable bonds is 5. The summed E-state index contributed by atoms with van der Waals surface area (Å²) < 4.78 is 0. The quantitative estimate of drug-likeness (QED) is 0.857. The average Bonchev–Trinajstić information content (AvgIpc) is 3.08. The molecule has 0 aromatic carbocycles. The summed E-state index contributed by atoms with van der Waals surface area (Å²) in [4.78, 5) is 18.6. The maximum atomic E-state index is 12.1. The highest BCUT2D eigenvalue weighted by Crippen LogP contribution is 2.18. The smallest absolute Gasteiger partial charge is 0.237 e. The van der Waals surface area contributed by atoms with Crippen molar-refractivity contribution in [3.05, 3.63) is 30.1 Å². The Labute approximate surface area is 132 Å². The number of piperidine rings is 1. The Morgan fingerprint density at radius 1 is 1.32 bits per heavy atom. The van der Waals surface area contributed by atoms with E-state index in [9.17, 15) is 4.79 Å². The van der Waals surface area contributed by atoms with E-state index in [0.29, 0.717) is 5.92 Å². The minimum atomic E-state index is 0.0384. The number of amides is 1. The number of nitrogens with one attached hydrogen (secondary N) is 2. The SMILES string of the molecule is O=C(NCC1CCCN(Cc2ccncc2)C1)C1CCCN1. The molecule has 0 aliphatic carbocycles. The molecule has 1 aromatic rings. The van der Waals surface area contributed by atoms with Gasteiger partial charge in [0.05, 0.1) is 6.04 Å². The van der Waals surface area contributed by atoms with Crippen LogP contribution in [0.2, 0.25) is 0 Å². The standard InChI is InChI=1S/C17H26N4O/c22-17(16-4-1-7-19-16)20-11-15-3-2-10-21(13-15)12-14-5-8-18-9-6-14/h5-6,8-9,15-16,19H,1-4,7,10-13H2,(H,20,22). The Balaban J connectivity index is 1.43. The summed E-state index contributed by atoms with van der Waals surface area (Å²) in [5.41, 5.74) is 1.31. The van der Waals surface area contributed by atoms with Crippen LogP contribution >= 0.6 is 0 Å². The van der Waals surface area contributed by atoms with Gasteiger partial charge in [0, 0.05) is 32.0 Å². The molecule has 2 aliphatic rings. The Morgan fingerprint density at radius 3 is 2.95 bits per heavy atom. The van der Waals surface area contributed by atoms with Crippen molar-refractivity contribution >= 4 is 5.91 Å². The van der Waals surface area contributed by atoms with Gasteiger partial charge in [0.25, 0.3) is 0 Å². The minimum absolute atomic E-state index is 0.0384. The van der Waals surface area contributed by atoms with Gasteiger partial charge in [-0.3, -0.25) is 14.7 Å². The highest BCUT2D eigenvalue weighted by molar-refractivity contribution is 5.81. The van der Waals surface area contributed by atoms with Gasteiger partial charge in [0.2, 0.25) is 5.91 Å². The van der Waals surface area contributed by atoms with Crippen molar-refractivity contribution in [3.63, 3.8) is 0 Å². The summed E-state index contributed by atoms with van der Waals surface area (Å²) in [6.07, 6.45) is 8.22. The lowest BCUT2D eigenvalue weighted by atomic mass is 9.97. The molecule has 3 heterocycles. The number of carbonyl (C=O) groups excluding carboxylic acids is 1. The van der Waals surface area contributed by atoms with Gasteiger partial charge in [-0.25, -0.2) is 0 Å². The van der Waals surface area contributed by atoms with E-state index in [4.69, 9.17) is 0 Å². The predicted molar refractivity (Wildman–Crippen MR) is 86.3 cm³/mol. The molecule has 1 aromatic heterocycles. The van der Waals surface area contributed by atoms with Gasteiger partial charge in [0.15, 0.2) is 0 Å². The number of nitrogens with zero attached hydrogens (tertiary/aromatic N) is 2. The van der Waals surface area contributed by atoms with Crippen molar-refractivity contribution in [2.45, 2.75) is 38.3 Å². The first kappa shape index (κ1) is 15.4. The van der Waals surface area contributed by atoms with Crippen LogP contribution in [0, 0.1) is 5.92 Å². The Bertz CT molecular complexity index is 473. The molecule has 0 saturated carbocycles. The van der Waals surface area contributed by atoms with Crippen LogP contribution in [0.3, 0.4) is 0 Å². The van der Waals surface area contributed by atoms with Gasteiger partial charge in [0.1, 0.15) is 0 Å². The van der Waals surface area contributed by atoms with Crippen LogP contribution in [-0.2, 0) is 11.3 Å². The molecular weight excluding hydrogens is 276 g/mol. The lowest BCUT2D eigenvalue weighted by Crippen LogP contribution is -2.45. The molecule has 2 N–H and O–H groups in total. The fraction of sp³-hybridized carbons (Fsp3) is 0.647. The second-order valence-corrected chi connectivity index (χ2v) is 6.49. The largest absolute Gasteiger partial charge is 0.354 e. The monoisotopic (exact) mass is 302 g/mol. The average molecular weight is 302 g/mol. The molecule has 1 amide bonds. The maximum absolute atomic E-state index is 12.1. The van der Waals surface area contributed by atoms with E-state index in [-0.39, 0.29) is 11.9 Å². The maximum Gasteiger partial charge on any atom is 0.237 e. The van der Waals surface area contributed by atoms with Gasteiger partial charge < -0.3 is 10.6 Å². The van der Waals surface area contributed by atoms with Gasteiger partial charge in [-0.05, 0) is 62.4 Å². The van der Waals surface area contributed by atoms with Crippen molar-refractivity contribution in [1.82, 2.24) is 20.5 Å². The molecule has 2 saturated heterocycles. The summed E-state index contributed by atoms with van der Waals surface area (Å²) in [5, 5.41) is 6.40. The lowest BCUT2D eigenvalue weighted by Gasteiger charge is -2.33. The van der Waals surface area contributed by atoms with E-state index >= 15 is 0 Å². The summed E-state index contributed by atoms with van der Waals surface area (Å²) in [7, 11) is 0. The molecule has 5 heteroatoms. The first-order valence-electron chi connectivity index (χ1n) is 8.43. The van der Waals surface area contributed by atoms with Crippen molar-refractivity contribution in [1.29, 1.82) is 0 Å². The highest BCUT2D eigenvalue weighted by atomic mass is 16.2. The highest BCUT2D eigenvalue weighted by Gasteiger charge is 2.24. The van der Waals surface area contributed by atoms with Crippen LogP contribution in [0.5, 0.6) is 0 Å². The second kappa shape index (κ2) is 7.70. The number of hydrogen-bond donors (Lipinski definition) is 2. The fourth-order valence-electron chi connectivity index (χ4n) is 3.48. The van der Waals surface area contributed by atoms with Crippen molar-refractivity contribution in [2.75, 3.05) is 26.2 Å². The molecule has 0 spiro atoms. The summed E-state index contributed by atoms with van der Waals surface area (Å²) >= 11 is 0. The molecular formula is C17H26N4O. The second-order valence-electron chi connectivity index (χ2n) is 6.49. The van der Waals surface area contributed by atoms with E-state index < -0.39 is 0 Å². The lowest BCUT2D eigenvalue weighted by molar-refractivity contribution is -0.123. The minimum Gasteiger partial charge on any atom is -0.354 e. The van der Waals surface area contributed by atoms with Crippen LogP contribution < -0.4 is 10.6 Å². The first-order valence-corrected chi connectivity index (χ1v) is 8.43. The fourth-order valence-corrected chi connectivity index (χ4v) is 3.48. The van der Waals surface area contributed by atoms with E-state index in [1.54, 1.807) is 0 Å². The molecule has 2 atom stereocenters. The van der Waals surface area contributed by atoms with Gasteiger partial charge in [-0.2, -0.15) is 0 Å². The van der Waals surface area contributed by atoms with Gasteiger partial charge in [-0.15, -0.1) is 0 Å². The van der Waals surface area contributed by atoms with E-state index in [0.717, 1.165) is 45.6 Å². The van der Waals surface area contributed by atoms with E-state index in [1.807, 2.05) is 12.4 Å². The zero-order valence-corrected chi connectivity index (χ0v) is 13.1. The molecule has 0 radical (unpaired) electrons. The Morgan fingerprint density at radius 2 is 2.18 bits per heavy atom.